The van der Waals surface area contributed by atoms with Crippen LogP contribution < -0.4 is 20.5 Å². The van der Waals surface area contributed by atoms with E-state index in [2.05, 4.69) is 10.1 Å². The number of benzene rings is 1. The van der Waals surface area contributed by atoms with Gasteiger partial charge in [-0.1, -0.05) is 6.07 Å². The molecule has 1 aliphatic heterocycles. The number of urea groups is 1. The number of piperidine rings is 1. The number of carbonyl (C=O) groups is 2. The number of amides is 3. The fourth-order valence-electron chi connectivity index (χ4n) is 2.78. The summed E-state index contributed by atoms with van der Waals surface area (Å²) in [7, 11) is 0. The molecule has 0 spiro atoms. The van der Waals surface area contributed by atoms with Crippen molar-refractivity contribution in [3.05, 3.63) is 23.8 Å². The summed E-state index contributed by atoms with van der Waals surface area (Å²) in [6, 6.07) is 4.27. The van der Waals surface area contributed by atoms with Gasteiger partial charge in [-0.2, -0.15) is 8.78 Å². The molecule has 144 valence electrons. The summed E-state index contributed by atoms with van der Waals surface area (Å²) in [5, 5.41) is 2.77. The quantitative estimate of drug-likeness (QED) is 0.767. The van der Waals surface area contributed by atoms with Gasteiger partial charge in [0.2, 0.25) is 5.91 Å². The summed E-state index contributed by atoms with van der Waals surface area (Å²) < 4.78 is 34.5. The molecular formula is C17H23F2N3O4. The molecule has 26 heavy (non-hydrogen) atoms. The second kappa shape index (κ2) is 9.21. The second-order valence-electron chi connectivity index (χ2n) is 5.92. The van der Waals surface area contributed by atoms with Crippen molar-refractivity contribution in [1.29, 1.82) is 0 Å². The number of likely N-dealkylation sites (tertiary alicyclic amines) is 1. The van der Waals surface area contributed by atoms with Crippen LogP contribution in [-0.2, 0) is 11.3 Å². The predicted octanol–water partition coefficient (Wildman–Crippen LogP) is 2.09. The number of nitrogens with two attached hydrogens (primary N) is 1. The molecule has 1 heterocycles. The molecule has 1 aromatic carbocycles. The molecule has 9 heteroatoms. The van der Waals surface area contributed by atoms with Crippen molar-refractivity contribution >= 4 is 11.9 Å². The highest BCUT2D eigenvalue weighted by atomic mass is 19.3. The van der Waals surface area contributed by atoms with Crippen molar-refractivity contribution in [2.24, 2.45) is 11.7 Å². The summed E-state index contributed by atoms with van der Waals surface area (Å²) in [5.74, 6) is -0.373. The maximum atomic E-state index is 12.4. The van der Waals surface area contributed by atoms with Crippen LogP contribution in [0, 0.1) is 5.92 Å². The van der Waals surface area contributed by atoms with Gasteiger partial charge in [0.1, 0.15) is 0 Å². The molecule has 0 aliphatic carbocycles. The molecule has 0 radical (unpaired) electrons. The van der Waals surface area contributed by atoms with Gasteiger partial charge >= 0.3 is 12.6 Å². The summed E-state index contributed by atoms with van der Waals surface area (Å²) in [4.78, 5) is 25.0. The Bertz CT molecular complexity index is 634. The summed E-state index contributed by atoms with van der Waals surface area (Å²) >= 11 is 0. The Morgan fingerprint density at radius 2 is 2.00 bits per heavy atom. The molecule has 1 aromatic rings. The summed E-state index contributed by atoms with van der Waals surface area (Å²) in [6.07, 6.45) is 1.10. The second-order valence-corrected chi connectivity index (χ2v) is 5.92. The van der Waals surface area contributed by atoms with Crippen LogP contribution in [0.25, 0.3) is 0 Å². The van der Waals surface area contributed by atoms with E-state index < -0.39 is 6.61 Å². The SMILES string of the molecule is CCOc1cc(CNC(=O)N2CCC(C(N)=O)CC2)ccc1OC(F)F. The number of ether oxygens (including phenoxy) is 2. The molecule has 0 saturated carbocycles. The van der Waals surface area contributed by atoms with Crippen LogP contribution in [0.4, 0.5) is 13.6 Å². The Morgan fingerprint density at radius 1 is 1.31 bits per heavy atom. The van der Waals surface area contributed by atoms with Gasteiger partial charge in [-0.25, -0.2) is 4.79 Å². The number of halogens is 2. The Balaban J connectivity index is 1.91. The van der Waals surface area contributed by atoms with Gasteiger partial charge in [-0.05, 0) is 37.5 Å². The number of carbonyl (C=O) groups excluding carboxylic acids is 2. The molecule has 0 atom stereocenters. The molecule has 1 fully saturated rings. The van der Waals surface area contributed by atoms with Crippen molar-refractivity contribution in [1.82, 2.24) is 10.2 Å². The summed E-state index contributed by atoms with van der Waals surface area (Å²) in [5.41, 5.74) is 5.97. The number of rotatable bonds is 7. The largest absolute Gasteiger partial charge is 0.490 e. The Kier molecular flexibility index (Phi) is 6.99. The minimum absolute atomic E-state index is 0.0505. The molecule has 0 unspecified atom stereocenters. The molecular weight excluding hydrogens is 348 g/mol. The van der Waals surface area contributed by atoms with E-state index in [0.29, 0.717) is 38.1 Å². The molecule has 1 saturated heterocycles. The fourth-order valence-corrected chi connectivity index (χ4v) is 2.78. The first-order valence-electron chi connectivity index (χ1n) is 8.43. The van der Waals surface area contributed by atoms with Gasteiger partial charge in [-0.15, -0.1) is 0 Å². The van der Waals surface area contributed by atoms with Crippen LogP contribution in [0.2, 0.25) is 0 Å². The molecule has 1 aliphatic rings. The maximum Gasteiger partial charge on any atom is 0.387 e. The predicted molar refractivity (Wildman–Crippen MR) is 90.0 cm³/mol. The van der Waals surface area contributed by atoms with Gasteiger partial charge in [0.05, 0.1) is 6.61 Å². The smallest absolute Gasteiger partial charge is 0.387 e. The van der Waals surface area contributed by atoms with Gasteiger partial charge in [0.15, 0.2) is 11.5 Å². The zero-order valence-corrected chi connectivity index (χ0v) is 14.5. The zero-order valence-electron chi connectivity index (χ0n) is 14.5. The number of nitrogens with one attached hydrogen (secondary N) is 1. The minimum Gasteiger partial charge on any atom is -0.490 e. The monoisotopic (exact) mass is 371 g/mol. The first kappa shape index (κ1) is 19.7. The molecule has 3 N–H and O–H groups in total. The number of hydrogen-bond acceptors (Lipinski definition) is 4. The van der Waals surface area contributed by atoms with Crippen molar-refractivity contribution in [3.8, 4) is 11.5 Å². The normalized spacial score (nSPS) is 15.0. The number of alkyl halides is 2. The molecule has 2 rings (SSSR count). The Labute approximate surface area is 150 Å². The Morgan fingerprint density at radius 3 is 2.58 bits per heavy atom. The van der Waals surface area contributed by atoms with Crippen LogP contribution in [0.5, 0.6) is 11.5 Å². The molecule has 0 aromatic heterocycles. The van der Waals surface area contributed by atoms with Gasteiger partial charge in [0.25, 0.3) is 0 Å². The highest BCUT2D eigenvalue weighted by molar-refractivity contribution is 5.78. The van der Waals surface area contributed by atoms with E-state index in [1.54, 1.807) is 24.0 Å². The minimum atomic E-state index is -2.94. The Hall–Kier alpha value is -2.58. The first-order chi connectivity index (χ1) is 12.4. The topological polar surface area (TPSA) is 93.9 Å². The number of hydrogen-bond donors (Lipinski definition) is 2. The van der Waals surface area contributed by atoms with Crippen LogP contribution in [-0.4, -0.2) is 43.1 Å². The highest BCUT2D eigenvalue weighted by Gasteiger charge is 2.25. The van der Waals surface area contributed by atoms with E-state index in [9.17, 15) is 18.4 Å². The van der Waals surface area contributed by atoms with E-state index in [0.717, 1.165) is 0 Å². The van der Waals surface area contributed by atoms with E-state index >= 15 is 0 Å². The van der Waals surface area contributed by atoms with Crippen molar-refractivity contribution in [2.45, 2.75) is 32.9 Å². The lowest BCUT2D eigenvalue weighted by atomic mass is 9.96. The molecule has 3 amide bonds. The van der Waals surface area contributed by atoms with Crippen LogP contribution in [0.3, 0.4) is 0 Å². The average Bonchev–Trinajstić information content (AvgIpc) is 2.61. The standard InChI is InChI=1S/C17H23F2N3O4/c1-2-25-14-9-11(3-4-13(14)26-16(18)19)10-21-17(24)22-7-5-12(6-8-22)15(20)23/h3-4,9,12,16H,2,5-8,10H2,1H3,(H2,20,23)(H,21,24). The third kappa shape index (κ3) is 5.47. The van der Waals surface area contributed by atoms with Crippen molar-refractivity contribution < 1.29 is 27.8 Å². The molecule has 0 bridgehead atoms. The van der Waals surface area contributed by atoms with E-state index in [1.165, 1.54) is 6.07 Å². The lowest BCUT2D eigenvalue weighted by Gasteiger charge is -2.30. The zero-order chi connectivity index (χ0) is 19.1. The van der Waals surface area contributed by atoms with Crippen LogP contribution in [0.15, 0.2) is 18.2 Å². The fraction of sp³-hybridized carbons (Fsp3) is 0.529. The number of nitrogens with zero attached hydrogens (tertiary/aromatic N) is 1. The van der Waals surface area contributed by atoms with E-state index in [-0.39, 0.29) is 35.9 Å². The average molecular weight is 371 g/mol. The third-order valence-corrected chi connectivity index (χ3v) is 4.15. The lowest BCUT2D eigenvalue weighted by molar-refractivity contribution is -0.123. The van der Waals surface area contributed by atoms with Crippen LogP contribution >= 0.6 is 0 Å². The van der Waals surface area contributed by atoms with E-state index in [4.69, 9.17) is 10.5 Å². The van der Waals surface area contributed by atoms with E-state index in [1.807, 2.05) is 0 Å². The van der Waals surface area contributed by atoms with Gasteiger partial charge in [-0.3, -0.25) is 4.79 Å². The molecule has 7 nitrogen and oxygen atoms in total. The van der Waals surface area contributed by atoms with Crippen LogP contribution in [0.1, 0.15) is 25.3 Å². The number of primary amides is 1. The van der Waals surface area contributed by atoms with Gasteiger partial charge in [0, 0.05) is 25.6 Å². The first-order valence-corrected chi connectivity index (χ1v) is 8.43. The summed E-state index contributed by atoms with van der Waals surface area (Å²) in [6.45, 7) is 0.225. The van der Waals surface area contributed by atoms with Gasteiger partial charge < -0.3 is 25.4 Å². The third-order valence-electron chi connectivity index (χ3n) is 4.15. The van der Waals surface area contributed by atoms with Crippen molar-refractivity contribution in [2.75, 3.05) is 19.7 Å². The lowest BCUT2D eigenvalue weighted by Crippen LogP contribution is -2.46. The van der Waals surface area contributed by atoms with Crippen molar-refractivity contribution in [3.63, 3.8) is 0 Å². The maximum absolute atomic E-state index is 12.4. The highest BCUT2D eigenvalue weighted by Crippen LogP contribution is 2.30.